The molecule has 1 saturated heterocycles. The Morgan fingerprint density at radius 2 is 1.76 bits per heavy atom. The zero-order valence-electron chi connectivity index (χ0n) is 16.9. The molecule has 2 aromatic carbocycles. The Kier molecular flexibility index (Phi) is 5.53. The lowest BCUT2D eigenvalue weighted by Crippen LogP contribution is -2.44. The second-order valence-corrected chi connectivity index (χ2v) is 7.53. The van der Waals surface area contributed by atoms with Gasteiger partial charge in [-0.25, -0.2) is 0 Å². The summed E-state index contributed by atoms with van der Waals surface area (Å²) in [5, 5.41) is 0. The molecule has 2 aromatic rings. The maximum atomic E-state index is 13.0. The van der Waals surface area contributed by atoms with Crippen LogP contribution in [0.15, 0.2) is 42.5 Å². The number of ether oxygens (including phenoxy) is 2. The molecule has 0 unspecified atom stereocenters. The molecule has 0 bridgehead atoms. The minimum absolute atomic E-state index is 0.0742. The van der Waals surface area contributed by atoms with Crippen LogP contribution in [0.3, 0.4) is 0 Å². The highest BCUT2D eigenvalue weighted by Crippen LogP contribution is 2.29. The zero-order valence-corrected chi connectivity index (χ0v) is 16.9. The van der Waals surface area contributed by atoms with Crippen molar-refractivity contribution in [2.24, 2.45) is 0 Å². The van der Waals surface area contributed by atoms with Gasteiger partial charge >= 0.3 is 0 Å². The predicted octanol–water partition coefficient (Wildman–Crippen LogP) is 2.43. The number of amides is 2. The van der Waals surface area contributed by atoms with E-state index in [-0.39, 0.29) is 24.3 Å². The molecule has 0 aliphatic carbocycles. The van der Waals surface area contributed by atoms with E-state index in [0.717, 1.165) is 25.1 Å². The van der Waals surface area contributed by atoms with Crippen LogP contribution in [0, 0.1) is 0 Å². The summed E-state index contributed by atoms with van der Waals surface area (Å²) in [6, 6.07) is 13.7. The number of benzene rings is 2. The van der Waals surface area contributed by atoms with Gasteiger partial charge in [0.15, 0.2) is 11.5 Å². The second kappa shape index (κ2) is 8.25. The third kappa shape index (κ3) is 3.85. The first kappa shape index (κ1) is 19.5. The minimum Gasteiger partial charge on any atom is -0.493 e. The first-order valence-electron chi connectivity index (χ1n) is 9.96. The van der Waals surface area contributed by atoms with E-state index in [1.54, 1.807) is 14.2 Å². The fourth-order valence-electron chi connectivity index (χ4n) is 4.25. The molecule has 0 N–H and O–H groups in total. The molecule has 2 aliphatic heterocycles. The number of hydrogen-bond donors (Lipinski definition) is 0. The number of fused-ring (bicyclic) bond motifs is 1. The topological polar surface area (TPSA) is 59.1 Å². The Morgan fingerprint density at radius 3 is 2.52 bits per heavy atom. The van der Waals surface area contributed by atoms with Crippen LogP contribution in [-0.4, -0.2) is 55.0 Å². The van der Waals surface area contributed by atoms with E-state index in [1.807, 2.05) is 24.3 Å². The normalized spacial score (nSPS) is 19.4. The monoisotopic (exact) mass is 394 g/mol. The van der Waals surface area contributed by atoms with Gasteiger partial charge in [0.2, 0.25) is 11.8 Å². The maximum absolute atomic E-state index is 13.0. The standard InChI is InChI=1S/C23H26N2O4/c1-28-20-8-7-16(13-21(20)29-2)9-12-25-22(26)14-19(23(25)27)24-11-10-17-5-3-4-6-18(17)15-24/h3-8,13,19H,9-12,14-15H2,1-2H3/t19-/m0/s1. The SMILES string of the molecule is COc1ccc(CCN2C(=O)C[C@H](N3CCc4ccccc4C3)C2=O)cc1OC. The van der Waals surface area contributed by atoms with Crippen molar-refractivity contribution in [3.63, 3.8) is 0 Å². The molecule has 4 rings (SSSR count). The van der Waals surface area contributed by atoms with Gasteiger partial charge < -0.3 is 9.47 Å². The highest BCUT2D eigenvalue weighted by atomic mass is 16.5. The molecule has 2 aliphatic rings. The summed E-state index contributed by atoms with van der Waals surface area (Å²) in [4.78, 5) is 29.1. The Labute approximate surface area is 171 Å². The van der Waals surface area contributed by atoms with Crippen molar-refractivity contribution < 1.29 is 19.1 Å². The molecule has 2 amide bonds. The zero-order chi connectivity index (χ0) is 20.4. The molecule has 6 nitrogen and oxygen atoms in total. The smallest absolute Gasteiger partial charge is 0.247 e. The summed E-state index contributed by atoms with van der Waals surface area (Å²) < 4.78 is 10.6. The van der Waals surface area contributed by atoms with Crippen molar-refractivity contribution in [1.29, 1.82) is 0 Å². The molecule has 6 heteroatoms. The Morgan fingerprint density at radius 1 is 1.00 bits per heavy atom. The summed E-state index contributed by atoms with van der Waals surface area (Å²) in [7, 11) is 3.19. The highest BCUT2D eigenvalue weighted by Gasteiger charge is 2.42. The average molecular weight is 394 g/mol. The summed E-state index contributed by atoms with van der Waals surface area (Å²) >= 11 is 0. The second-order valence-electron chi connectivity index (χ2n) is 7.53. The van der Waals surface area contributed by atoms with Crippen molar-refractivity contribution in [2.45, 2.75) is 31.8 Å². The summed E-state index contributed by atoms with van der Waals surface area (Å²) in [5.41, 5.74) is 3.59. The number of carbonyl (C=O) groups excluding carboxylic acids is 2. The number of carbonyl (C=O) groups is 2. The highest BCUT2D eigenvalue weighted by molar-refractivity contribution is 6.05. The summed E-state index contributed by atoms with van der Waals surface area (Å²) in [5.74, 6) is 1.15. The molecule has 0 spiro atoms. The van der Waals surface area contributed by atoms with Crippen LogP contribution in [0.25, 0.3) is 0 Å². The van der Waals surface area contributed by atoms with Crippen molar-refractivity contribution in [3.05, 3.63) is 59.2 Å². The van der Waals surface area contributed by atoms with E-state index in [9.17, 15) is 9.59 Å². The number of methoxy groups -OCH3 is 2. The first-order valence-corrected chi connectivity index (χ1v) is 9.96. The summed E-state index contributed by atoms with van der Waals surface area (Å²) in [6.07, 6.45) is 1.78. The first-order chi connectivity index (χ1) is 14.1. The molecule has 0 aromatic heterocycles. The van der Waals surface area contributed by atoms with Crippen molar-refractivity contribution in [2.75, 3.05) is 27.3 Å². The largest absolute Gasteiger partial charge is 0.493 e. The molecule has 29 heavy (non-hydrogen) atoms. The van der Waals surface area contributed by atoms with Gasteiger partial charge in [0, 0.05) is 19.6 Å². The van der Waals surface area contributed by atoms with E-state index in [2.05, 4.69) is 23.1 Å². The van der Waals surface area contributed by atoms with Crippen molar-refractivity contribution >= 4 is 11.8 Å². The maximum Gasteiger partial charge on any atom is 0.247 e. The number of hydrogen-bond acceptors (Lipinski definition) is 5. The number of likely N-dealkylation sites (tertiary alicyclic amines) is 1. The molecule has 152 valence electrons. The molecule has 2 heterocycles. The van der Waals surface area contributed by atoms with E-state index >= 15 is 0 Å². The fourth-order valence-corrected chi connectivity index (χ4v) is 4.25. The van der Waals surface area contributed by atoms with E-state index in [4.69, 9.17) is 9.47 Å². The van der Waals surface area contributed by atoms with Crippen molar-refractivity contribution in [3.8, 4) is 11.5 Å². The minimum atomic E-state index is -0.346. The van der Waals surface area contributed by atoms with Crippen LogP contribution in [-0.2, 0) is 29.0 Å². The lowest BCUT2D eigenvalue weighted by atomic mass is 9.98. The Hall–Kier alpha value is -2.86. The Balaban J connectivity index is 1.41. The molecule has 0 radical (unpaired) electrons. The van der Waals surface area contributed by atoms with Crippen LogP contribution < -0.4 is 9.47 Å². The van der Waals surface area contributed by atoms with Gasteiger partial charge in [0.1, 0.15) is 0 Å². The van der Waals surface area contributed by atoms with E-state index in [0.29, 0.717) is 24.5 Å². The van der Waals surface area contributed by atoms with Crippen molar-refractivity contribution in [1.82, 2.24) is 9.80 Å². The van der Waals surface area contributed by atoms with Crippen LogP contribution in [0.4, 0.5) is 0 Å². The number of nitrogens with zero attached hydrogens (tertiary/aromatic N) is 2. The van der Waals surface area contributed by atoms with Gasteiger partial charge in [-0.15, -0.1) is 0 Å². The van der Waals surface area contributed by atoms with Crippen LogP contribution in [0.5, 0.6) is 11.5 Å². The lowest BCUT2D eigenvalue weighted by molar-refractivity contribution is -0.139. The molecular weight excluding hydrogens is 368 g/mol. The number of rotatable bonds is 6. The molecule has 1 atom stereocenters. The van der Waals surface area contributed by atoms with Crippen LogP contribution in [0.1, 0.15) is 23.1 Å². The van der Waals surface area contributed by atoms with Crippen LogP contribution in [0.2, 0.25) is 0 Å². The summed E-state index contributed by atoms with van der Waals surface area (Å²) in [6.45, 7) is 1.92. The average Bonchev–Trinajstić information content (AvgIpc) is 3.05. The van der Waals surface area contributed by atoms with E-state index in [1.165, 1.54) is 16.0 Å². The molecule has 0 saturated carbocycles. The third-order valence-corrected chi connectivity index (χ3v) is 5.89. The van der Waals surface area contributed by atoms with Gasteiger partial charge in [0.05, 0.1) is 26.7 Å². The van der Waals surface area contributed by atoms with Gasteiger partial charge in [-0.1, -0.05) is 30.3 Å². The predicted molar refractivity (Wildman–Crippen MR) is 109 cm³/mol. The molecule has 1 fully saturated rings. The fraction of sp³-hybridized carbons (Fsp3) is 0.391. The van der Waals surface area contributed by atoms with E-state index < -0.39 is 0 Å². The van der Waals surface area contributed by atoms with Gasteiger partial charge in [0.25, 0.3) is 0 Å². The van der Waals surface area contributed by atoms with Gasteiger partial charge in [-0.2, -0.15) is 0 Å². The quantitative estimate of drug-likeness (QED) is 0.705. The Bertz CT molecular complexity index is 927. The van der Waals surface area contributed by atoms with Gasteiger partial charge in [-0.3, -0.25) is 19.4 Å². The molecular formula is C23H26N2O4. The number of imide groups is 1. The van der Waals surface area contributed by atoms with Gasteiger partial charge in [-0.05, 0) is 41.7 Å². The lowest BCUT2D eigenvalue weighted by Gasteiger charge is -2.32. The third-order valence-electron chi connectivity index (χ3n) is 5.89. The van der Waals surface area contributed by atoms with Crippen LogP contribution >= 0.6 is 0 Å².